The zero-order valence-corrected chi connectivity index (χ0v) is 11.2. The molecular formula is C12H20N2O2S. The fourth-order valence-electron chi connectivity index (χ4n) is 1.44. The van der Waals surface area contributed by atoms with E-state index in [-0.39, 0.29) is 0 Å². The zero-order valence-electron chi connectivity index (χ0n) is 10.4. The second kappa shape index (κ2) is 6.74. The summed E-state index contributed by atoms with van der Waals surface area (Å²) in [4.78, 5) is 0.325. The molecule has 0 saturated heterocycles. The minimum atomic E-state index is -3.36. The highest BCUT2D eigenvalue weighted by Gasteiger charge is 2.12. The Labute approximate surface area is 103 Å². The molecule has 96 valence electrons. The second-order valence-electron chi connectivity index (χ2n) is 3.75. The van der Waals surface area contributed by atoms with E-state index in [1.807, 2.05) is 26.0 Å². The lowest BCUT2D eigenvalue weighted by Crippen LogP contribution is -2.31. The zero-order chi connectivity index (χ0) is 12.7. The molecule has 0 unspecified atom stereocenters. The van der Waals surface area contributed by atoms with Crippen molar-refractivity contribution in [3.05, 3.63) is 29.8 Å². The Hall–Kier alpha value is -0.910. The minimum Gasteiger partial charge on any atom is -0.316 e. The third-order valence-corrected chi connectivity index (χ3v) is 3.96. The fourth-order valence-corrected chi connectivity index (χ4v) is 2.47. The molecule has 0 aliphatic carbocycles. The van der Waals surface area contributed by atoms with Gasteiger partial charge in [0.1, 0.15) is 0 Å². The van der Waals surface area contributed by atoms with Gasteiger partial charge in [-0.25, -0.2) is 13.1 Å². The van der Waals surface area contributed by atoms with Crippen LogP contribution in [0.3, 0.4) is 0 Å². The van der Waals surface area contributed by atoms with Crippen molar-refractivity contribution in [2.45, 2.75) is 25.2 Å². The van der Waals surface area contributed by atoms with Crippen LogP contribution in [0.25, 0.3) is 0 Å². The summed E-state index contributed by atoms with van der Waals surface area (Å²) in [7, 11) is -3.36. The molecule has 0 amide bonds. The number of likely N-dealkylation sites (N-methyl/N-ethyl adjacent to an activating group) is 1. The molecule has 0 atom stereocenters. The third kappa shape index (κ3) is 4.46. The summed E-state index contributed by atoms with van der Waals surface area (Å²) in [6.45, 7) is 5.91. The first kappa shape index (κ1) is 14.2. The van der Waals surface area contributed by atoms with E-state index in [1.54, 1.807) is 12.1 Å². The number of hydrogen-bond acceptors (Lipinski definition) is 3. The van der Waals surface area contributed by atoms with Crippen molar-refractivity contribution in [3.63, 3.8) is 0 Å². The maximum Gasteiger partial charge on any atom is 0.240 e. The normalized spacial score (nSPS) is 11.6. The standard InChI is InChI=1S/C12H20N2O2S/c1-3-11-5-7-12(8-6-11)17(15,16)14-10-9-13-4-2/h5-8,13-14H,3-4,9-10H2,1-2H3. The van der Waals surface area contributed by atoms with Gasteiger partial charge in [-0.2, -0.15) is 0 Å². The van der Waals surface area contributed by atoms with Gasteiger partial charge in [0.15, 0.2) is 0 Å². The van der Waals surface area contributed by atoms with Crippen molar-refractivity contribution in [2.24, 2.45) is 0 Å². The van der Waals surface area contributed by atoms with Gasteiger partial charge in [-0.15, -0.1) is 0 Å². The van der Waals surface area contributed by atoms with Crippen molar-refractivity contribution in [2.75, 3.05) is 19.6 Å². The summed E-state index contributed by atoms with van der Waals surface area (Å²) < 4.78 is 26.3. The molecule has 0 spiro atoms. The van der Waals surface area contributed by atoms with Crippen LogP contribution < -0.4 is 10.0 Å². The predicted molar refractivity (Wildman–Crippen MR) is 69.6 cm³/mol. The summed E-state index contributed by atoms with van der Waals surface area (Å²) in [5.74, 6) is 0. The van der Waals surface area contributed by atoms with Crippen LogP contribution in [-0.2, 0) is 16.4 Å². The minimum absolute atomic E-state index is 0.325. The molecule has 0 aliphatic heterocycles. The molecule has 0 aromatic heterocycles. The van der Waals surface area contributed by atoms with Gasteiger partial charge in [0.25, 0.3) is 0 Å². The van der Waals surface area contributed by atoms with Crippen LogP contribution in [-0.4, -0.2) is 28.1 Å². The first-order valence-electron chi connectivity index (χ1n) is 5.89. The topological polar surface area (TPSA) is 58.2 Å². The van der Waals surface area contributed by atoms with E-state index in [1.165, 1.54) is 0 Å². The third-order valence-electron chi connectivity index (χ3n) is 2.49. The largest absolute Gasteiger partial charge is 0.316 e. The molecule has 2 N–H and O–H groups in total. The molecule has 1 rings (SSSR count). The fraction of sp³-hybridized carbons (Fsp3) is 0.500. The van der Waals surface area contributed by atoms with Crippen LogP contribution in [0.5, 0.6) is 0 Å². The lowest BCUT2D eigenvalue weighted by atomic mass is 10.2. The van der Waals surface area contributed by atoms with Gasteiger partial charge in [-0.3, -0.25) is 0 Å². The molecule has 0 heterocycles. The molecule has 0 saturated carbocycles. The Morgan fingerprint density at radius 3 is 2.24 bits per heavy atom. The van der Waals surface area contributed by atoms with Crippen molar-refractivity contribution in [3.8, 4) is 0 Å². The molecule has 0 radical (unpaired) electrons. The Morgan fingerprint density at radius 1 is 1.06 bits per heavy atom. The molecule has 17 heavy (non-hydrogen) atoms. The number of benzene rings is 1. The second-order valence-corrected chi connectivity index (χ2v) is 5.52. The highest BCUT2D eigenvalue weighted by molar-refractivity contribution is 7.89. The first-order chi connectivity index (χ1) is 8.10. The van der Waals surface area contributed by atoms with E-state index in [0.29, 0.717) is 18.0 Å². The van der Waals surface area contributed by atoms with Gasteiger partial charge in [0.05, 0.1) is 4.90 Å². The van der Waals surface area contributed by atoms with E-state index in [0.717, 1.165) is 18.5 Å². The Kier molecular flexibility index (Phi) is 5.61. The smallest absolute Gasteiger partial charge is 0.240 e. The molecule has 4 nitrogen and oxygen atoms in total. The average molecular weight is 256 g/mol. The van der Waals surface area contributed by atoms with E-state index in [9.17, 15) is 8.42 Å². The quantitative estimate of drug-likeness (QED) is 0.719. The first-order valence-corrected chi connectivity index (χ1v) is 7.37. The number of nitrogens with one attached hydrogen (secondary N) is 2. The monoisotopic (exact) mass is 256 g/mol. The number of hydrogen-bond donors (Lipinski definition) is 2. The van der Waals surface area contributed by atoms with Crippen LogP contribution in [0.1, 0.15) is 19.4 Å². The summed E-state index contributed by atoms with van der Waals surface area (Å²) in [6, 6.07) is 6.99. The maximum atomic E-state index is 11.9. The van der Waals surface area contributed by atoms with Gasteiger partial charge < -0.3 is 5.32 Å². The van der Waals surface area contributed by atoms with Gasteiger partial charge in [-0.05, 0) is 30.7 Å². The molecule has 0 bridgehead atoms. The summed E-state index contributed by atoms with van der Waals surface area (Å²) >= 11 is 0. The van der Waals surface area contributed by atoms with Gasteiger partial charge in [0, 0.05) is 13.1 Å². The highest BCUT2D eigenvalue weighted by atomic mass is 32.2. The van der Waals surface area contributed by atoms with Crippen molar-refractivity contribution in [1.82, 2.24) is 10.0 Å². The lowest BCUT2D eigenvalue weighted by molar-refractivity contribution is 0.577. The lowest BCUT2D eigenvalue weighted by Gasteiger charge is -2.07. The maximum absolute atomic E-state index is 11.9. The van der Waals surface area contributed by atoms with Crippen LogP contribution in [0.15, 0.2) is 29.2 Å². The van der Waals surface area contributed by atoms with E-state index in [4.69, 9.17) is 0 Å². The van der Waals surface area contributed by atoms with Crippen molar-refractivity contribution < 1.29 is 8.42 Å². The SMILES string of the molecule is CCNCCNS(=O)(=O)c1ccc(CC)cc1. The Bertz CT molecular complexity index is 426. The predicted octanol–water partition coefficient (Wildman–Crippen LogP) is 1.14. The van der Waals surface area contributed by atoms with Crippen molar-refractivity contribution >= 4 is 10.0 Å². The summed E-state index contributed by atoms with van der Waals surface area (Å²) in [5, 5.41) is 3.06. The van der Waals surface area contributed by atoms with Crippen LogP contribution in [0, 0.1) is 0 Å². The Balaban J connectivity index is 2.62. The molecule has 1 aromatic rings. The molecular weight excluding hydrogens is 236 g/mol. The molecule has 0 fully saturated rings. The van der Waals surface area contributed by atoms with Gasteiger partial charge in [0.2, 0.25) is 10.0 Å². The number of aryl methyl sites for hydroxylation is 1. The van der Waals surface area contributed by atoms with Crippen molar-refractivity contribution in [1.29, 1.82) is 0 Å². The summed E-state index contributed by atoms with van der Waals surface area (Å²) in [6.07, 6.45) is 0.911. The van der Waals surface area contributed by atoms with Crippen LogP contribution >= 0.6 is 0 Å². The molecule has 5 heteroatoms. The van der Waals surface area contributed by atoms with E-state index >= 15 is 0 Å². The van der Waals surface area contributed by atoms with E-state index in [2.05, 4.69) is 10.0 Å². The average Bonchev–Trinajstić information content (AvgIpc) is 2.35. The van der Waals surface area contributed by atoms with Crippen LogP contribution in [0.4, 0.5) is 0 Å². The number of rotatable bonds is 7. The van der Waals surface area contributed by atoms with Gasteiger partial charge in [-0.1, -0.05) is 26.0 Å². The van der Waals surface area contributed by atoms with Gasteiger partial charge >= 0.3 is 0 Å². The summed E-state index contributed by atoms with van der Waals surface area (Å²) in [5.41, 5.74) is 1.14. The van der Waals surface area contributed by atoms with E-state index < -0.39 is 10.0 Å². The molecule has 0 aliphatic rings. The molecule has 1 aromatic carbocycles. The van der Waals surface area contributed by atoms with Crippen LogP contribution in [0.2, 0.25) is 0 Å². The number of sulfonamides is 1. The Morgan fingerprint density at radius 2 is 1.71 bits per heavy atom. The highest BCUT2D eigenvalue weighted by Crippen LogP contribution is 2.10.